The first-order valence-electron chi connectivity index (χ1n) is 10.7. The molecule has 4 aromatic rings. The zero-order valence-corrected chi connectivity index (χ0v) is 18.6. The first kappa shape index (κ1) is 20.6. The number of hydrogen-bond acceptors (Lipinski definition) is 5. The van der Waals surface area contributed by atoms with E-state index in [9.17, 15) is 9.90 Å². The summed E-state index contributed by atoms with van der Waals surface area (Å²) in [6.07, 6.45) is 2.79. The topological polar surface area (TPSA) is 67.7 Å². The molecular weight excluding hydrogens is 420 g/mol. The average molecular weight is 445 g/mol. The van der Waals surface area contributed by atoms with Crippen molar-refractivity contribution in [2.75, 3.05) is 12.3 Å². The molecule has 2 aromatic heterocycles. The van der Waals surface area contributed by atoms with Crippen LogP contribution in [0.15, 0.2) is 81.1 Å². The summed E-state index contributed by atoms with van der Waals surface area (Å²) >= 11 is 1.84. The fourth-order valence-electron chi connectivity index (χ4n) is 4.36. The Labute approximate surface area is 190 Å². The van der Waals surface area contributed by atoms with Gasteiger partial charge in [0.25, 0.3) is 0 Å². The summed E-state index contributed by atoms with van der Waals surface area (Å²) in [4.78, 5) is 17.2. The van der Waals surface area contributed by atoms with Gasteiger partial charge in [-0.1, -0.05) is 48.5 Å². The average Bonchev–Trinajstić information content (AvgIpc) is 2.96. The standard InChI is InChI=1S/C26H24N2O3S/c1-17-13-23(29)25(26(30)31-17)21-14-24(32-12-11-27-21)20-16-28(15-18-7-3-2-4-8-18)22-10-6-5-9-19(20)22/h2-10,13,16,24,29H,11-12,14-15H2,1H3. The van der Waals surface area contributed by atoms with Gasteiger partial charge in [0.05, 0.1) is 5.71 Å². The molecule has 0 radical (unpaired) electrons. The van der Waals surface area contributed by atoms with Crippen LogP contribution in [0.5, 0.6) is 5.75 Å². The van der Waals surface area contributed by atoms with E-state index in [1.165, 1.54) is 28.1 Å². The molecule has 0 saturated carbocycles. The van der Waals surface area contributed by atoms with E-state index < -0.39 is 5.63 Å². The molecule has 6 heteroatoms. The lowest BCUT2D eigenvalue weighted by molar-refractivity contribution is 0.432. The van der Waals surface area contributed by atoms with E-state index in [-0.39, 0.29) is 16.6 Å². The highest BCUT2D eigenvalue weighted by Gasteiger charge is 2.26. The van der Waals surface area contributed by atoms with Crippen molar-refractivity contribution >= 4 is 28.4 Å². The van der Waals surface area contributed by atoms with E-state index in [1.807, 2.05) is 17.8 Å². The van der Waals surface area contributed by atoms with Gasteiger partial charge in [-0.3, -0.25) is 4.99 Å². The highest BCUT2D eigenvalue weighted by Crippen LogP contribution is 2.40. The first-order valence-corrected chi connectivity index (χ1v) is 11.8. The van der Waals surface area contributed by atoms with Gasteiger partial charge in [0.2, 0.25) is 0 Å². The van der Waals surface area contributed by atoms with Gasteiger partial charge in [-0.25, -0.2) is 4.79 Å². The molecule has 2 aromatic carbocycles. The van der Waals surface area contributed by atoms with Crippen molar-refractivity contribution in [2.45, 2.75) is 25.1 Å². The smallest absolute Gasteiger partial charge is 0.348 e. The Morgan fingerprint density at radius 1 is 1.16 bits per heavy atom. The maximum Gasteiger partial charge on any atom is 0.348 e. The minimum Gasteiger partial charge on any atom is -0.507 e. The highest BCUT2D eigenvalue weighted by atomic mass is 32.2. The minimum atomic E-state index is -0.529. The molecule has 162 valence electrons. The quantitative estimate of drug-likeness (QED) is 0.462. The number of thioether (sulfide) groups is 1. The second-order valence-electron chi connectivity index (χ2n) is 8.01. The second kappa shape index (κ2) is 8.71. The molecule has 1 atom stereocenters. The van der Waals surface area contributed by atoms with Gasteiger partial charge in [-0.15, -0.1) is 0 Å². The van der Waals surface area contributed by atoms with Crippen LogP contribution in [0.1, 0.15) is 34.1 Å². The molecule has 0 saturated heterocycles. The zero-order valence-electron chi connectivity index (χ0n) is 17.8. The lowest BCUT2D eigenvalue weighted by Gasteiger charge is -2.15. The van der Waals surface area contributed by atoms with Gasteiger partial charge < -0.3 is 14.1 Å². The maximum absolute atomic E-state index is 12.5. The summed E-state index contributed by atoms with van der Waals surface area (Å²) in [6, 6.07) is 20.4. The normalized spacial score (nSPS) is 16.7. The van der Waals surface area contributed by atoms with Gasteiger partial charge in [0, 0.05) is 53.7 Å². The molecule has 3 heterocycles. The summed E-state index contributed by atoms with van der Waals surface area (Å²) in [6.45, 7) is 3.05. The van der Waals surface area contributed by atoms with Gasteiger partial charge >= 0.3 is 5.63 Å². The summed E-state index contributed by atoms with van der Waals surface area (Å²) in [5, 5.41) is 11.8. The molecular formula is C26H24N2O3S. The van der Waals surface area contributed by atoms with Crippen molar-refractivity contribution in [1.29, 1.82) is 0 Å². The van der Waals surface area contributed by atoms with Gasteiger partial charge in [0.15, 0.2) is 0 Å². The largest absolute Gasteiger partial charge is 0.507 e. The molecule has 0 fully saturated rings. The van der Waals surface area contributed by atoms with E-state index >= 15 is 0 Å². The van der Waals surface area contributed by atoms with Gasteiger partial charge in [-0.05, 0) is 24.1 Å². The number of aromatic hydroxyl groups is 1. The molecule has 0 amide bonds. The Hall–Kier alpha value is -3.25. The Bertz CT molecular complexity index is 1350. The van der Waals surface area contributed by atoms with Crippen molar-refractivity contribution in [2.24, 2.45) is 4.99 Å². The predicted octanol–water partition coefficient (Wildman–Crippen LogP) is 5.32. The zero-order chi connectivity index (χ0) is 22.1. The summed E-state index contributed by atoms with van der Waals surface area (Å²) in [5.41, 5.74) is 3.94. The number of fused-ring (bicyclic) bond motifs is 1. The van der Waals surface area contributed by atoms with E-state index in [2.05, 4.69) is 64.3 Å². The summed E-state index contributed by atoms with van der Waals surface area (Å²) in [5.74, 6) is 1.18. The number of aliphatic imine (C=N–C) groups is 1. The molecule has 0 bridgehead atoms. The van der Waals surface area contributed by atoms with E-state index in [1.54, 1.807) is 6.92 Å². The van der Waals surface area contributed by atoms with Crippen molar-refractivity contribution in [3.8, 4) is 5.75 Å². The van der Waals surface area contributed by atoms with Crippen molar-refractivity contribution in [3.63, 3.8) is 0 Å². The molecule has 5 rings (SSSR count). The van der Waals surface area contributed by atoms with E-state index in [0.29, 0.717) is 24.4 Å². The van der Waals surface area contributed by atoms with Crippen molar-refractivity contribution in [3.05, 3.63) is 99.7 Å². The number of nitrogens with zero attached hydrogens (tertiary/aromatic N) is 2. The lowest BCUT2D eigenvalue weighted by Crippen LogP contribution is -2.17. The van der Waals surface area contributed by atoms with Crippen LogP contribution in [0.4, 0.5) is 0 Å². The molecule has 1 unspecified atom stereocenters. The molecule has 0 spiro atoms. The Morgan fingerprint density at radius 3 is 2.75 bits per heavy atom. The SMILES string of the molecule is Cc1cc(O)c(C2=NCCSC(c3cn(Cc4ccccc4)c4ccccc34)C2)c(=O)o1. The van der Waals surface area contributed by atoms with Crippen molar-refractivity contribution in [1.82, 2.24) is 4.57 Å². The third kappa shape index (κ3) is 3.98. The van der Waals surface area contributed by atoms with E-state index in [4.69, 9.17) is 4.42 Å². The lowest BCUT2D eigenvalue weighted by atomic mass is 10.0. The van der Waals surface area contributed by atoms with Crippen LogP contribution in [0.3, 0.4) is 0 Å². The highest BCUT2D eigenvalue weighted by molar-refractivity contribution is 7.99. The summed E-state index contributed by atoms with van der Waals surface area (Å²) in [7, 11) is 0. The second-order valence-corrected chi connectivity index (χ2v) is 9.32. The Kier molecular flexibility index (Phi) is 5.62. The number of rotatable bonds is 4. The first-order chi connectivity index (χ1) is 15.6. The molecule has 32 heavy (non-hydrogen) atoms. The molecule has 0 aliphatic carbocycles. The van der Waals surface area contributed by atoms with Crippen LogP contribution in [0.2, 0.25) is 0 Å². The summed E-state index contributed by atoms with van der Waals surface area (Å²) < 4.78 is 7.55. The van der Waals surface area contributed by atoms with Crippen molar-refractivity contribution < 1.29 is 9.52 Å². The fourth-order valence-corrected chi connectivity index (χ4v) is 5.48. The number of para-hydroxylation sites is 1. The third-order valence-electron chi connectivity index (χ3n) is 5.80. The molecule has 1 aliphatic heterocycles. The van der Waals surface area contributed by atoms with Crippen LogP contribution in [-0.4, -0.2) is 27.7 Å². The van der Waals surface area contributed by atoms with Gasteiger partial charge in [0.1, 0.15) is 17.1 Å². The molecule has 1 aliphatic rings. The Morgan fingerprint density at radius 2 is 1.94 bits per heavy atom. The fraction of sp³-hybridized carbons (Fsp3) is 0.231. The van der Waals surface area contributed by atoms with Gasteiger partial charge in [-0.2, -0.15) is 11.8 Å². The monoisotopic (exact) mass is 444 g/mol. The maximum atomic E-state index is 12.5. The molecule has 5 nitrogen and oxygen atoms in total. The number of aryl methyl sites for hydroxylation is 1. The van der Waals surface area contributed by atoms with Crippen LogP contribution < -0.4 is 5.63 Å². The molecule has 1 N–H and O–H groups in total. The van der Waals surface area contributed by atoms with E-state index in [0.717, 1.165) is 12.3 Å². The van der Waals surface area contributed by atoms with Crippen LogP contribution in [-0.2, 0) is 6.54 Å². The number of aromatic nitrogens is 1. The minimum absolute atomic E-state index is 0.0605. The van der Waals surface area contributed by atoms with Crippen LogP contribution in [0.25, 0.3) is 10.9 Å². The predicted molar refractivity (Wildman–Crippen MR) is 130 cm³/mol. The third-order valence-corrected chi connectivity index (χ3v) is 7.04. The number of hydrogen-bond donors (Lipinski definition) is 1. The Balaban J connectivity index is 1.54. The number of benzene rings is 2. The van der Waals surface area contributed by atoms with Crippen LogP contribution in [0, 0.1) is 6.92 Å². The van der Waals surface area contributed by atoms with Crippen LogP contribution >= 0.6 is 11.8 Å².